The van der Waals surface area contributed by atoms with Gasteiger partial charge in [-0.05, 0) is 18.2 Å². The Morgan fingerprint density at radius 2 is 2.29 bits per heavy atom. The van der Waals surface area contributed by atoms with Gasteiger partial charge in [0.15, 0.2) is 0 Å². The average Bonchev–Trinajstić information content (AvgIpc) is 2.77. The van der Waals surface area contributed by atoms with Gasteiger partial charge >= 0.3 is 0 Å². The Bertz CT molecular complexity index is 509. The molecule has 0 aliphatic heterocycles. The van der Waals surface area contributed by atoms with Crippen LogP contribution in [0.3, 0.4) is 0 Å². The molecular formula is C10H8BrFN4O. The summed E-state index contributed by atoms with van der Waals surface area (Å²) in [6.45, 7) is 0.215. The van der Waals surface area contributed by atoms with Crippen LogP contribution in [0.15, 0.2) is 29.0 Å². The molecule has 17 heavy (non-hydrogen) atoms. The first-order valence-electron chi connectivity index (χ1n) is 4.73. The molecule has 0 aliphatic carbocycles. The van der Waals surface area contributed by atoms with Crippen LogP contribution < -0.4 is 5.32 Å². The Kier molecular flexibility index (Phi) is 3.48. The van der Waals surface area contributed by atoms with Crippen molar-refractivity contribution in [2.75, 3.05) is 0 Å². The molecule has 2 aromatic rings. The van der Waals surface area contributed by atoms with Crippen molar-refractivity contribution in [1.82, 2.24) is 20.5 Å². The standard InChI is InChI=1S/C10H8BrFN4O/c11-7-1-6(2-8(12)3-7)10(17)13-4-9-14-5-15-16-9/h1-3,5H,4H2,(H,13,17)(H,14,15,16). The summed E-state index contributed by atoms with van der Waals surface area (Å²) in [5, 5.41) is 8.85. The number of carbonyl (C=O) groups excluding carboxylic acids is 1. The van der Waals surface area contributed by atoms with Crippen molar-refractivity contribution in [2.45, 2.75) is 6.54 Å². The zero-order valence-electron chi connectivity index (χ0n) is 8.58. The van der Waals surface area contributed by atoms with Gasteiger partial charge < -0.3 is 5.32 Å². The van der Waals surface area contributed by atoms with E-state index in [-0.39, 0.29) is 18.0 Å². The van der Waals surface area contributed by atoms with Crippen molar-refractivity contribution >= 4 is 21.8 Å². The smallest absolute Gasteiger partial charge is 0.251 e. The molecule has 0 radical (unpaired) electrons. The number of aromatic amines is 1. The molecule has 0 unspecified atom stereocenters. The third kappa shape index (κ3) is 3.10. The minimum absolute atomic E-state index is 0.215. The Labute approximate surface area is 105 Å². The van der Waals surface area contributed by atoms with Crippen LogP contribution in [0, 0.1) is 5.82 Å². The molecule has 1 aromatic carbocycles. The zero-order valence-corrected chi connectivity index (χ0v) is 10.2. The SMILES string of the molecule is O=C(NCc1ncn[nH]1)c1cc(F)cc(Br)c1. The van der Waals surface area contributed by atoms with Gasteiger partial charge in [-0.1, -0.05) is 15.9 Å². The van der Waals surface area contributed by atoms with Crippen molar-refractivity contribution in [1.29, 1.82) is 0 Å². The molecule has 0 aliphatic rings. The van der Waals surface area contributed by atoms with Crippen molar-refractivity contribution in [2.24, 2.45) is 0 Å². The molecular weight excluding hydrogens is 291 g/mol. The number of amides is 1. The largest absolute Gasteiger partial charge is 0.345 e. The van der Waals surface area contributed by atoms with E-state index in [0.717, 1.165) is 0 Å². The Balaban J connectivity index is 2.04. The topological polar surface area (TPSA) is 70.7 Å². The lowest BCUT2D eigenvalue weighted by molar-refractivity contribution is 0.0949. The molecule has 0 fully saturated rings. The second-order valence-electron chi connectivity index (χ2n) is 3.27. The average molecular weight is 299 g/mol. The maximum atomic E-state index is 13.1. The first-order valence-corrected chi connectivity index (χ1v) is 5.53. The predicted octanol–water partition coefficient (Wildman–Crippen LogP) is 1.64. The third-order valence-electron chi connectivity index (χ3n) is 2.01. The van der Waals surface area contributed by atoms with Crippen LogP contribution in [0.2, 0.25) is 0 Å². The van der Waals surface area contributed by atoms with Gasteiger partial charge in [-0.3, -0.25) is 9.89 Å². The van der Waals surface area contributed by atoms with Gasteiger partial charge in [0.2, 0.25) is 0 Å². The first-order chi connectivity index (χ1) is 8.15. The molecule has 2 N–H and O–H groups in total. The van der Waals surface area contributed by atoms with Gasteiger partial charge in [0.1, 0.15) is 18.0 Å². The summed E-state index contributed by atoms with van der Waals surface area (Å²) in [5.74, 6) is -0.306. The molecule has 5 nitrogen and oxygen atoms in total. The number of rotatable bonds is 3. The van der Waals surface area contributed by atoms with Crippen LogP contribution in [-0.4, -0.2) is 21.1 Å². The molecule has 0 spiro atoms. The Morgan fingerprint density at radius 3 is 2.94 bits per heavy atom. The van der Waals surface area contributed by atoms with Gasteiger partial charge in [-0.25, -0.2) is 9.37 Å². The summed E-state index contributed by atoms with van der Waals surface area (Å²) in [5.41, 5.74) is 0.247. The lowest BCUT2D eigenvalue weighted by atomic mass is 10.2. The van der Waals surface area contributed by atoms with Gasteiger partial charge in [0, 0.05) is 10.0 Å². The number of H-pyrrole nitrogens is 1. The van der Waals surface area contributed by atoms with Crippen LogP contribution in [0.1, 0.15) is 16.2 Å². The molecule has 1 amide bonds. The highest BCUT2D eigenvalue weighted by Gasteiger charge is 2.08. The number of aromatic nitrogens is 3. The van der Waals surface area contributed by atoms with Crippen molar-refractivity contribution in [3.63, 3.8) is 0 Å². The van der Waals surface area contributed by atoms with Gasteiger partial charge in [-0.15, -0.1) is 0 Å². The van der Waals surface area contributed by atoms with E-state index in [2.05, 4.69) is 36.4 Å². The fraction of sp³-hybridized carbons (Fsp3) is 0.100. The van der Waals surface area contributed by atoms with Crippen LogP contribution in [0.4, 0.5) is 4.39 Å². The lowest BCUT2D eigenvalue weighted by Crippen LogP contribution is -2.23. The first kappa shape index (κ1) is 11.7. The number of hydrogen-bond acceptors (Lipinski definition) is 3. The molecule has 7 heteroatoms. The number of nitrogens with one attached hydrogen (secondary N) is 2. The summed E-state index contributed by atoms with van der Waals surface area (Å²) in [6, 6.07) is 3.99. The molecule has 2 rings (SSSR count). The highest BCUT2D eigenvalue weighted by atomic mass is 79.9. The number of halogens is 2. The van der Waals surface area contributed by atoms with Crippen LogP contribution in [-0.2, 0) is 6.54 Å². The second-order valence-corrected chi connectivity index (χ2v) is 4.19. The molecule has 1 heterocycles. The fourth-order valence-electron chi connectivity index (χ4n) is 1.27. The molecule has 0 atom stereocenters. The summed E-state index contributed by atoms with van der Waals surface area (Å²) in [7, 11) is 0. The summed E-state index contributed by atoms with van der Waals surface area (Å²) in [6.07, 6.45) is 1.35. The quantitative estimate of drug-likeness (QED) is 0.905. The van der Waals surface area contributed by atoms with E-state index in [1.807, 2.05) is 0 Å². The van der Waals surface area contributed by atoms with E-state index in [1.54, 1.807) is 6.07 Å². The summed E-state index contributed by atoms with van der Waals surface area (Å²) in [4.78, 5) is 15.5. The maximum absolute atomic E-state index is 13.1. The van der Waals surface area contributed by atoms with E-state index >= 15 is 0 Å². The number of benzene rings is 1. The van der Waals surface area contributed by atoms with Crippen LogP contribution in [0.25, 0.3) is 0 Å². The minimum Gasteiger partial charge on any atom is -0.345 e. The van der Waals surface area contributed by atoms with Gasteiger partial charge in [0.25, 0.3) is 5.91 Å². The maximum Gasteiger partial charge on any atom is 0.251 e. The number of nitrogens with zero attached hydrogens (tertiary/aromatic N) is 2. The van der Waals surface area contributed by atoms with Crippen LogP contribution in [0.5, 0.6) is 0 Å². The van der Waals surface area contributed by atoms with E-state index in [1.165, 1.54) is 18.5 Å². The van der Waals surface area contributed by atoms with E-state index in [9.17, 15) is 9.18 Å². The summed E-state index contributed by atoms with van der Waals surface area (Å²) < 4.78 is 13.6. The number of hydrogen-bond donors (Lipinski definition) is 2. The molecule has 1 aromatic heterocycles. The molecule has 0 saturated carbocycles. The van der Waals surface area contributed by atoms with Crippen molar-refractivity contribution in [3.05, 3.63) is 46.2 Å². The van der Waals surface area contributed by atoms with Gasteiger partial charge in [0.05, 0.1) is 6.54 Å². The third-order valence-corrected chi connectivity index (χ3v) is 2.46. The highest BCUT2D eigenvalue weighted by Crippen LogP contribution is 2.14. The lowest BCUT2D eigenvalue weighted by Gasteiger charge is -2.03. The molecule has 88 valence electrons. The van der Waals surface area contributed by atoms with Crippen molar-refractivity contribution < 1.29 is 9.18 Å². The predicted molar refractivity (Wildman–Crippen MR) is 61.7 cm³/mol. The summed E-state index contributed by atoms with van der Waals surface area (Å²) >= 11 is 3.12. The number of carbonyl (C=O) groups is 1. The molecule has 0 bridgehead atoms. The molecule has 0 saturated heterocycles. The Hall–Kier alpha value is -1.76. The van der Waals surface area contributed by atoms with E-state index in [0.29, 0.717) is 10.3 Å². The van der Waals surface area contributed by atoms with Gasteiger partial charge in [-0.2, -0.15) is 5.10 Å². The van der Waals surface area contributed by atoms with Crippen LogP contribution >= 0.6 is 15.9 Å². The van der Waals surface area contributed by atoms with E-state index < -0.39 is 5.82 Å². The normalized spacial score (nSPS) is 10.2. The Morgan fingerprint density at radius 1 is 1.47 bits per heavy atom. The monoisotopic (exact) mass is 298 g/mol. The highest BCUT2D eigenvalue weighted by molar-refractivity contribution is 9.10. The second kappa shape index (κ2) is 5.05. The zero-order chi connectivity index (χ0) is 12.3. The minimum atomic E-state index is -0.468. The van der Waals surface area contributed by atoms with Crippen molar-refractivity contribution in [3.8, 4) is 0 Å². The fourth-order valence-corrected chi connectivity index (χ4v) is 1.73. The van der Waals surface area contributed by atoms with E-state index in [4.69, 9.17) is 0 Å².